The topological polar surface area (TPSA) is 66.9 Å². The third-order valence-corrected chi connectivity index (χ3v) is 7.44. The highest BCUT2D eigenvalue weighted by Gasteiger charge is 2.34. The Labute approximate surface area is 147 Å². The van der Waals surface area contributed by atoms with E-state index in [4.69, 9.17) is 4.74 Å². The number of hydrogen-bond acceptors (Lipinski definition) is 5. The maximum atomic E-state index is 12.9. The van der Waals surface area contributed by atoms with Crippen LogP contribution in [0.1, 0.15) is 42.8 Å². The number of piperidine rings is 1. The summed E-state index contributed by atoms with van der Waals surface area (Å²) in [7, 11) is -3.60. The van der Waals surface area contributed by atoms with Crippen LogP contribution in [-0.2, 0) is 14.8 Å². The lowest BCUT2D eigenvalue weighted by Crippen LogP contribution is -2.48. The molecule has 2 saturated heterocycles. The molecule has 0 saturated carbocycles. The van der Waals surface area contributed by atoms with E-state index in [2.05, 4.69) is 0 Å². The monoisotopic (exact) mass is 372 g/mol. The summed E-state index contributed by atoms with van der Waals surface area (Å²) in [6, 6.07) is 1.56. The fraction of sp³-hybridized carbons (Fsp3) is 0.688. The second-order valence-corrected chi connectivity index (χ2v) is 9.37. The van der Waals surface area contributed by atoms with Crippen LogP contribution in [0.3, 0.4) is 0 Å². The van der Waals surface area contributed by atoms with Crippen LogP contribution >= 0.6 is 11.3 Å². The largest absolute Gasteiger partial charge is 0.372 e. The molecule has 3 rings (SSSR count). The summed E-state index contributed by atoms with van der Waals surface area (Å²) in [6.45, 7) is 5.91. The third-order valence-electron chi connectivity index (χ3n) is 4.46. The molecule has 134 valence electrons. The molecule has 6 nitrogen and oxygen atoms in total. The highest BCUT2D eigenvalue weighted by molar-refractivity contribution is 7.89. The Kier molecular flexibility index (Phi) is 5.29. The number of morpholine rings is 1. The number of amides is 1. The van der Waals surface area contributed by atoms with E-state index in [-0.39, 0.29) is 23.0 Å². The van der Waals surface area contributed by atoms with E-state index < -0.39 is 10.0 Å². The molecule has 2 aliphatic heterocycles. The van der Waals surface area contributed by atoms with Gasteiger partial charge in [0.1, 0.15) is 9.77 Å². The molecule has 1 aromatic heterocycles. The van der Waals surface area contributed by atoms with Gasteiger partial charge in [-0.15, -0.1) is 11.3 Å². The van der Waals surface area contributed by atoms with Crippen LogP contribution in [-0.4, -0.2) is 61.9 Å². The van der Waals surface area contributed by atoms with Crippen LogP contribution in [0.15, 0.2) is 16.3 Å². The van der Waals surface area contributed by atoms with E-state index in [1.165, 1.54) is 15.6 Å². The van der Waals surface area contributed by atoms with Gasteiger partial charge in [0, 0.05) is 26.2 Å². The molecule has 0 aliphatic carbocycles. The summed E-state index contributed by atoms with van der Waals surface area (Å²) in [5, 5.41) is 1.69. The molecule has 0 bridgehead atoms. The van der Waals surface area contributed by atoms with E-state index in [1.54, 1.807) is 16.3 Å². The van der Waals surface area contributed by atoms with Crippen molar-refractivity contribution in [2.75, 3.05) is 26.2 Å². The summed E-state index contributed by atoms with van der Waals surface area (Å²) < 4.78 is 33.0. The Morgan fingerprint density at radius 1 is 1.17 bits per heavy atom. The van der Waals surface area contributed by atoms with Gasteiger partial charge in [0.05, 0.1) is 12.2 Å². The lowest BCUT2D eigenvalue weighted by atomic mass is 10.2. The summed E-state index contributed by atoms with van der Waals surface area (Å²) >= 11 is 1.21. The molecule has 1 aromatic rings. The number of ether oxygens (including phenoxy) is 1. The van der Waals surface area contributed by atoms with E-state index in [9.17, 15) is 13.2 Å². The fourth-order valence-electron chi connectivity index (χ4n) is 3.39. The van der Waals surface area contributed by atoms with E-state index >= 15 is 0 Å². The second-order valence-electron chi connectivity index (χ2n) is 6.55. The van der Waals surface area contributed by atoms with Crippen molar-refractivity contribution in [3.8, 4) is 0 Å². The summed E-state index contributed by atoms with van der Waals surface area (Å²) in [4.78, 5) is 15.1. The zero-order valence-corrected chi connectivity index (χ0v) is 15.7. The molecule has 2 fully saturated rings. The van der Waals surface area contributed by atoms with Gasteiger partial charge in [-0.1, -0.05) is 6.42 Å². The minimum absolute atomic E-state index is 0.0418. The van der Waals surface area contributed by atoms with E-state index in [0.717, 1.165) is 19.3 Å². The molecular formula is C16H24N2O4S2. The highest BCUT2D eigenvalue weighted by Crippen LogP contribution is 2.29. The number of thiophene rings is 1. The maximum Gasteiger partial charge on any atom is 0.265 e. The molecule has 2 atom stereocenters. The molecule has 2 aliphatic rings. The number of sulfonamides is 1. The first-order chi connectivity index (χ1) is 11.4. The van der Waals surface area contributed by atoms with Crippen molar-refractivity contribution in [2.24, 2.45) is 0 Å². The highest BCUT2D eigenvalue weighted by atomic mass is 32.2. The van der Waals surface area contributed by atoms with Crippen molar-refractivity contribution in [3.05, 3.63) is 16.3 Å². The van der Waals surface area contributed by atoms with E-state index in [1.807, 2.05) is 13.8 Å². The fourth-order valence-corrected chi connectivity index (χ4v) is 6.27. The quantitative estimate of drug-likeness (QED) is 0.816. The van der Waals surface area contributed by atoms with Crippen molar-refractivity contribution in [3.63, 3.8) is 0 Å². The van der Waals surface area contributed by atoms with Crippen molar-refractivity contribution >= 4 is 27.3 Å². The van der Waals surface area contributed by atoms with Gasteiger partial charge in [-0.2, -0.15) is 4.31 Å². The van der Waals surface area contributed by atoms with Gasteiger partial charge in [0.15, 0.2) is 0 Å². The minimum atomic E-state index is -3.60. The summed E-state index contributed by atoms with van der Waals surface area (Å²) in [5.74, 6) is -0.206. The Balaban J connectivity index is 1.85. The molecule has 3 heterocycles. The summed E-state index contributed by atoms with van der Waals surface area (Å²) in [5.41, 5.74) is 0. The lowest BCUT2D eigenvalue weighted by Gasteiger charge is -2.35. The van der Waals surface area contributed by atoms with Crippen molar-refractivity contribution < 1.29 is 17.9 Å². The van der Waals surface area contributed by atoms with Crippen molar-refractivity contribution in [1.82, 2.24) is 9.21 Å². The maximum absolute atomic E-state index is 12.9. The second kappa shape index (κ2) is 7.11. The Hall–Kier alpha value is -0.960. The smallest absolute Gasteiger partial charge is 0.265 e. The Bertz CT molecular complexity index is 685. The van der Waals surface area contributed by atoms with Crippen molar-refractivity contribution in [2.45, 2.75) is 50.2 Å². The third kappa shape index (κ3) is 3.51. The van der Waals surface area contributed by atoms with Gasteiger partial charge < -0.3 is 9.64 Å². The van der Waals surface area contributed by atoms with Crippen molar-refractivity contribution in [1.29, 1.82) is 0 Å². The molecular weight excluding hydrogens is 348 g/mol. The van der Waals surface area contributed by atoms with Gasteiger partial charge in [-0.3, -0.25) is 4.79 Å². The van der Waals surface area contributed by atoms with Crippen LogP contribution in [0.4, 0.5) is 0 Å². The van der Waals surface area contributed by atoms with Gasteiger partial charge in [0.25, 0.3) is 5.91 Å². The molecule has 0 spiro atoms. The SMILES string of the molecule is CC1CN(C(=O)c2sccc2S(=O)(=O)N2CCCCC2)CC(C)O1. The molecule has 24 heavy (non-hydrogen) atoms. The molecule has 0 radical (unpaired) electrons. The Morgan fingerprint density at radius 3 is 2.42 bits per heavy atom. The van der Waals surface area contributed by atoms with Crippen LogP contribution in [0, 0.1) is 0 Å². The summed E-state index contributed by atoms with van der Waals surface area (Å²) in [6.07, 6.45) is 2.74. The first-order valence-corrected chi connectivity index (χ1v) is 10.7. The standard InChI is InChI=1S/C16H24N2O4S2/c1-12-10-17(11-13(2)22-12)16(19)15-14(6-9-23-15)24(20,21)18-7-4-3-5-8-18/h6,9,12-13H,3-5,7-8,10-11H2,1-2H3. The van der Waals surface area contributed by atoms with E-state index in [0.29, 0.717) is 31.1 Å². The van der Waals surface area contributed by atoms with Crippen LogP contribution in [0.25, 0.3) is 0 Å². The number of hydrogen-bond donors (Lipinski definition) is 0. The minimum Gasteiger partial charge on any atom is -0.372 e. The zero-order chi connectivity index (χ0) is 17.3. The average Bonchev–Trinajstić information content (AvgIpc) is 3.04. The van der Waals surface area contributed by atoms with Crippen LogP contribution < -0.4 is 0 Å². The lowest BCUT2D eigenvalue weighted by molar-refractivity contribution is -0.0585. The molecule has 8 heteroatoms. The van der Waals surface area contributed by atoms with Crippen LogP contribution in [0.2, 0.25) is 0 Å². The number of nitrogens with zero attached hydrogens (tertiary/aromatic N) is 2. The molecule has 1 amide bonds. The number of carbonyl (C=O) groups is 1. The average molecular weight is 373 g/mol. The predicted molar refractivity (Wildman–Crippen MR) is 92.8 cm³/mol. The number of rotatable bonds is 3. The van der Waals surface area contributed by atoms with Gasteiger partial charge in [-0.25, -0.2) is 8.42 Å². The predicted octanol–water partition coefficient (Wildman–Crippen LogP) is 2.17. The molecule has 2 unspecified atom stereocenters. The Morgan fingerprint density at radius 2 is 1.79 bits per heavy atom. The van der Waals surface area contributed by atoms with Crippen LogP contribution in [0.5, 0.6) is 0 Å². The number of carbonyl (C=O) groups excluding carboxylic acids is 1. The first-order valence-electron chi connectivity index (χ1n) is 8.42. The van der Waals surface area contributed by atoms with Gasteiger partial charge in [-0.05, 0) is 38.1 Å². The zero-order valence-electron chi connectivity index (χ0n) is 14.1. The normalized spacial score (nSPS) is 26.5. The first kappa shape index (κ1) is 17.8. The van der Waals surface area contributed by atoms with Gasteiger partial charge >= 0.3 is 0 Å². The van der Waals surface area contributed by atoms with Gasteiger partial charge in [0.2, 0.25) is 10.0 Å². The molecule has 0 aromatic carbocycles. The molecule has 0 N–H and O–H groups in total.